The summed E-state index contributed by atoms with van der Waals surface area (Å²) in [5.74, 6) is -0.271. The average molecular weight is 438 g/mol. The Kier molecular flexibility index (Phi) is 4.48. The molecule has 7 rings (SSSR count). The van der Waals surface area contributed by atoms with Crippen LogP contribution in [0.3, 0.4) is 0 Å². The molecule has 1 fully saturated rings. The number of carbonyl (C=O) groups is 2. The van der Waals surface area contributed by atoms with Crippen molar-refractivity contribution >= 4 is 17.5 Å². The van der Waals surface area contributed by atoms with E-state index in [0.717, 1.165) is 18.6 Å². The lowest BCUT2D eigenvalue weighted by Gasteiger charge is -2.54. The van der Waals surface area contributed by atoms with Gasteiger partial charge in [-0.05, 0) is 59.4 Å². The summed E-state index contributed by atoms with van der Waals surface area (Å²) in [4.78, 5) is 29.4. The van der Waals surface area contributed by atoms with Crippen molar-refractivity contribution in [2.75, 3.05) is 11.5 Å². The van der Waals surface area contributed by atoms with Gasteiger partial charge in [0, 0.05) is 11.3 Å². The molecule has 2 bridgehead atoms. The Balaban J connectivity index is 1.51. The second-order valence-corrected chi connectivity index (χ2v) is 9.33. The van der Waals surface area contributed by atoms with Crippen LogP contribution in [0, 0.1) is 11.8 Å². The van der Waals surface area contributed by atoms with Crippen molar-refractivity contribution in [2.45, 2.75) is 38.0 Å². The van der Waals surface area contributed by atoms with Gasteiger partial charge in [-0.3, -0.25) is 9.59 Å². The highest BCUT2D eigenvalue weighted by atomic mass is 16.5. The fourth-order valence-corrected chi connectivity index (χ4v) is 6.70. The van der Waals surface area contributed by atoms with Gasteiger partial charge < -0.3 is 4.74 Å². The summed E-state index contributed by atoms with van der Waals surface area (Å²) in [6.07, 6.45) is 1.70. The molecule has 1 heterocycles. The first-order chi connectivity index (χ1) is 16.1. The summed E-state index contributed by atoms with van der Waals surface area (Å²) in [6.45, 7) is 4.85. The second kappa shape index (κ2) is 7.31. The highest BCUT2D eigenvalue weighted by Gasteiger charge is 2.67. The summed E-state index contributed by atoms with van der Waals surface area (Å²) < 4.78 is 5.69. The molecule has 2 amide bonds. The molecule has 2 atom stereocenters. The number of hydrogen-bond acceptors (Lipinski definition) is 3. The van der Waals surface area contributed by atoms with Crippen LogP contribution >= 0.6 is 0 Å². The number of rotatable bonds is 5. The minimum Gasteiger partial charge on any atom is -0.494 e. The first kappa shape index (κ1) is 20.2. The number of anilines is 1. The van der Waals surface area contributed by atoms with Gasteiger partial charge >= 0.3 is 0 Å². The van der Waals surface area contributed by atoms with Gasteiger partial charge in [0.05, 0.1) is 24.1 Å². The molecule has 0 spiro atoms. The SMILES string of the molecule is CCCOc1ccc(N2C(=O)[C@@H]3C4c5ccccc5C(CC)(c5ccccc54)[C@H]3C2=O)cc1. The van der Waals surface area contributed by atoms with Gasteiger partial charge in [0.2, 0.25) is 11.8 Å². The molecule has 33 heavy (non-hydrogen) atoms. The van der Waals surface area contributed by atoms with Crippen molar-refractivity contribution in [1.29, 1.82) is 0 Å². The van der Waals surface area contributed by atoms with E-state index in [1.54, 1.807) is 0 Å². The van der Waals surface area contributed by atoms with Crippen LogP contribution in [0.5, 0.6) is 5.75 Å². The maximum Gasteiger partial charge on any atom is 0.238 e. The molecular weight excluding hydrogens is 410 g/mol. The number of amides is 2. The molecule has 3 aromatic carbocycles. The molecule has 3 aliphatic carbocycles. The van der Waals surface area contributed by atoms with Crippen LogP contribution in [0.25, 0.3) is 0 Å². The number of carbonyl (C=O) groups excluding carboxylic acids is 2. The largest absolute Gasteiger partial charge is 0.494 e. The quantitative estimate of drug-likeness (QED) is 0.500. The molecule has 0 N–H and O–H groups in total. The maximum absolute atomic E-state index is 14.1. The fourth-order valence-electron chi connectivity index (χ4n) is 6.70. The molecule has 1 saturated heterocycles. The van der Waals surface area contributed by atoms with Gasteiger partial charge in [0.15, 0.2) is 0 Å². The fraction of sp³-hybridized carbons (Fsp3) is 0.310. The van der Waals surface area contributed by atoms with Crippen LogP contribution in [-0.4, -0.2) is 18.4 Å². The zero-order valence-corrected chi connectivity index (χ0v) is 19.0. The molecule has 4 heteroatoms. The standard InChI is InChI=1S/C29H27NO3/c1-3-17-33-19-15-13-18(14-16-19)30-27(31)25-24-20-9-5-7-11-22(20)29(4-2,26(25)28(30)32)23-12-8-6-10-21(23)24/h5-16,24-26H,3-4,17H2,1-2H3/t24?,25-,26-,29?/m1/s1. The van der Waals surface area contributed by atoms with Crippen molar-refractivity contribution in [2.24, 2.45) is 11.8 Å². The third-order valence-electron chi connectivity index (χ3n) is 7.92. The van der Waals surface area contributed by atoms with E-state index in [1.165, 1.54) is 27.2 Å². The van der Waals surface area contributed by atoms with Crippen LogP contribution < -0.4 is 9.64 Å². The van der Waals surface area contributed by atoms with E-state index in [4.69, 9.17) is 4.74 Å². The molecule has 0 aromatic heterocycles. The summed E-state index contributed by atoms with van der Waals surface area (Å²) in [5.41, 5.74) is 4.96. The van der Waals surface area contributed by atoms with E-state index >= 15 is 0 Å². The van der Waals surface area contributed by atoms with Crippen molar-refractivity contribution in [3.63, 3.8) is 0 Å². The molecule has 3 aromatic rings. The summed E-state index contributed by atoms with van der Waals surface area (Å²) in [5, 5.41) is 0. The first-order valence-electron chi connectivity index (χ1n) is 11.9. The normalized spacial score (nSPS) is 26.7. The lowest BCUT2D eigenvalue weighted by molar-refractivity contribution is -0.123. The Labute approximate surface area is 194 Å². The van der Waals surface area contributed by atoms with Gasteiger partial charge in [-0.25, -0.2) is 4.90 Å². The van der Waals surface area contributed by atoms with E-state index < -0.39 is 5.41 Å². The minimum atomic E-state index is -0.488. The number of ether oxygens (including phenoxy) is 1. The molecular formula is C29H27NO3. The van der Waals surface area contributed by atoms with Crippen LogP contribution in [0.1, 0.15) is 54.9 Å². The van der Waals surface area contributed by atoms with E-state index in [9.17, 15) is 9.59 Å². The van der Waals surface area contributed by atoms with E-state index in [0.29, 0.717) is 12.3 Å². The molecule has 166 valence electrons. The number of nitrogens with zero attached hydrogens (tertiary/aromatic N) is 1. The third kappa shape index (κ3) is 2.52. The second-order valence-electron chi connectivity index (χ2n) is 9.33. The highest BCUT2D eigenvalue weighted by Crippen LogP contribution is 2.65. The average Bonchev–Trinajstić information content (AvgIpc) is 3.14. The van der Waals surface area contributed by atoms with Crippen LogP contribution in [-0.2, 0) is 15.0 Å². The van der Waals surface area contributed by atoms with Crippen molar-refractivity contribution in [3.8, 4) is 5.75 Å². The zero-order valence-electron chi connectivity index (χ0n) is 19.0. The monoisotopic (exact) mass is 437 g/mol. The predicted molar refractivity (Wildman–Crippen MR) is 127 cm³/mol. The Morgan fingerprint density at radius 2 is 1.42 bits per heavy atom. The summed E-state index contributed by atoms with van der Waals surface area (Å²) in [6, 6.07) is 24.2. The highest BCUT2D eigenvalue weighted by molar-refractivity contribution is 6.23. The topological polar surface area (TPSA) is 46.6 Å². The number of hydrogen-bond donors (Lipinski definition) is 0. The maximum atomic E-state index is 14.1. The number of benzene rings is 3. The Bertz CT molecular complexity index is 1210. The lowest BCUT2D eigenvalue weighted by atomic mass is 9.46. The van der Waals surface area contributed by atoms with Gasteiger partial charge in [0.1, 0.15) is 5.75 Å². The van der Waals surface area contributed by atoms with E-state index in [-0.39, 0.29) is 29.6 Å². The molecule has 1 aliphatic heterocycles. The molecule has 4 nitrogen and oxygen atoms in total. The molecule has 0 radical (unpaired) electrons. The van der Waals surface area contributed by atoms with E-state index in [1.807, 2.05) is 24.3 Å². The molecule has 4 aliphatic rings. The van der Waals surface area contributed by atoms with Gasteiger partial charge in [0.25, 0.3) is 0 Å². The van der Waals surface area contributed by atoms with Gasteiger partial charge in [-0.1, -0.05) is 62.4 Å². The molecule has 0 saturated carbocycles. The van der Waals surface area contributed by atoms with Crippen molar-refractivity contribution in [3.05, 3.63) is 95.1 Å². The van der Waals surface area contributed by atoms with Crippen molar-refractivity contribution < 1.29 is 14.3 Å². The third-order valence-corrected chi connectivity index (χ3v) is 7.92. The summed E-state index contributed by atoms with van der Waals surface area (Å²) in [7, 11) is 0. The van der Waals surface area contributed by atoms with Crippen LogP contribution in [0.15, 0.2) is 72.8 Å². The summed E-state index contributed by atoms with van der Waals surface area (Å²) >= 11 is 0. The Morgan fingerprint density at radius 3 is 2.00 bits per heavy atom. The Hall–Kier alpha value is -3.40. The van der Waals surface area contributed by atoms with Crippen molar-refractivity contribution in [1.82, 2.24) is 0 Å². The van der Waals surface area contributed by atoms with Crippen LogP contribution in [0.2, 0.25) is 0 Å². The van der Waals surface area contributed by atoms with Gasteiger partial charge in [-0.15, -0.1) is 0 Å². The number of imide groups is 1. The Morgan fingerprint density at radius 1 is 0.818 bits per heavy atom. The zero-order chi connectivity index (χ0) is 22.7. The predicted octanol–water partition coefficient (Wildman–Crippen LogP) is 5.44. The molecule has 0 unspecified atom stereocenters. The smallest absolute Gasteiger partial charge is 0.238 e. The van der Waals surface area contributed by atoms with Crippen LogP contribution in [0.4, 0.5) is 5.69 Å². The lowest BCUT2D eigenvalue weighted by Crippen LogP contribution is -2.53. The van der Waals surface area contributed by atoms with Gasteiger partial charge in [-0.2, -0.15) is 0 Å². The van der Waals surface area contributed by atoms with E-state index in [2.05, 4.69) is 62.4 Å². The minimum absolute atomic E-state index is 0.0805. The first-order valence-corrected chi connectivity index (χ1v) is 11.9.